The van der Waals surface area contributed by atoms with Crippen molar-refractivity contribution in [3.05, 3.63) is 53.6 Å². The first-order chi connectivity index (χ1) is 12.1. The van der Waals surface area contributed by atoms with Gasteiger partial charge in [-0.05, 0) is 24.3 Å². The Morgan fingerprint density at radius 3 is 2.80 bits per heavy atom. The maximum absolute atomic E-state index is 12.3. The molecule has 1 aliphatic heterocycles. The van der Waals surface area contributed by atoms with Crippen LogP contribution in [0, 0.1) is 0 Å². The molecule has 130 valence electrons. The number of hydrogen-bond donors (Lipinski definition) is 2. The molecule has 25 heavy (non-hydrogen) atoms. The monoisotopic (exact) mass is 359 g/mol. The Balaban J connectivity index is 1.62. The van der Waals surface area contributed by atoms with Gasteiger partial charge in [-0.15, -0.1) is 0 Å². The summed E-state index contributed by atoms with van der Waals surface area (Å²) in [5.41, 5.74) is 1.27. The molecule has 0 aliphatic carbocycles. The molecule has 3 amide bonds. The molecule has 3 rings (SSSR count). The molecule has 2 aromatic rings. The number of rotatable bonds is 4. The van der Waals surface area contributed by atoms with E-state index in [2.05, 4.69) is 10.6 Å². The van der Waals surface area contributed by atoms with Crippen molar-refractivity contribution < 1.29 is 14.3 Å². The quantitative estimate of drug-likeness (QED) is 0.880. The summed E-state index contributed by atoms with van der Waals surface area (Å²) in [5.74, 6) is 0.634. The fourth-order valence-electron chi connectivity index (χ4n) is 2.74. The predicted octanol–water partition coefficient (Wildman–Crippen LogP) is 3.28. The summed E-state index contributed by atoms with van der Waals surface area (Å²) in [5, 5.41) is 5.96. The van der Waals surface area contributed by atoms with E-state index in [1.54, 1.807) is 42.3 Å². The van der Waals surface area contributed by atoms with Gasteiger partial charge in [0.15, 0.2) is 0 Å². The minimum atomic E-state index is -0.390. The van der Waals surface area contributed by atoms with Crippen LogP contribution >= 0.6 is 11.6 Å². The lowest BCUT2D eigenvalue weighted by atomic mass is 10.2. The van der Waals surface area contributed by atoms with Crippen LogP contribution < -0.4 is 20.3 Å². The molecule has 2 aromatic carbocycles. The standard InChI is InChI=1S/C18H18ClN3O3/c1-25-14-6-4-5-13(10-14)22-11-12(9-17(22)23)20-18(24)21-16-8-3-2-7-15(16)19/h2-8,10,12H,9,11H2,1H3,(H2,20,21,24). The highest BCUT2D eigenvalue weighted by Gasteiger charge is 2.31. The Morgan fingerprint density at radius 1 is 1.24 bits per heavy atom. The van der Waals surface area contributed by atoms with Crippen molar-refractivity contribution in [2.24, 2.45) is 0 Å². The normalized spacial score (nSPS) is 16.6. The van der Waals surface area contributed by atoms with E-state index in [0.29, 0.717) is 23.0 Å². The smallest absolute Gasteiger partial charge is 0.319 e. The van der Waals surface area contributed by atoms with Crippen LogP contribution in [0.2, 0.25) is 5.02 Å². The average Bonchev–Trinajstić information content (AvgIpc) is 2.97. The third-order valence-electron chi connectivity index (χ3n) is 3.95. The van der Waals surface area contributed by atoms with Crippen LogP contribution in [0.3, 0.4) is 0 Å². The van der Waals surface area contributed by atoms with Crippen LogP contribution in [-0.4, -0.2) is 31.6 Å². The van der Waals surface area contributed by atoms with Crippen LogP contribution in [0.25, 0.3) is 0 Å². The Bertz CT molecular complexity index is 797. The number of methoxy groups -OCH3 is 1. The van der Waals surface area contributed by atoms with Crippen molar-refractivity contribution in [2.45, 2.75) is 12.5 Å². The van der Waals surface area contributed by atoms with Gasteiger partial charge in [-0.25, -0.2) is 4.79 Å². The summed E-state index contributed by atoms with van der Waals surface area (Å²) in [4.78, 5) is 26.1. The number of anilines is 2. The Labute approximate surface area is 150 Å². The molecule has 0 bridgehead atoms. The van der Waals surface area contributed by atoms with E-state index in [-0.39, 0.29) is 18.4 Å². The van der Waals surface area contributed by atoms with Crippen LogP contribution in [0.1, 0.15) is 6.42 Å². The summed E-state index contributed by atoms with van der Waals surface area (Å²) in [6.45, 7) is 0.405. The van der Waals surface area contributed by atoms with Gasteiger partial charge < -0.3 is 20.3 Å². The zero-order valence-corrected chi connectivity index (χ0v) is 14.4. The van der Waals surface area contributed by atoms with Gasteiger partial charge in [0.1, 0.15) is 5.75 Å². The molecule has 6 nitrogen and oxygen atoms in total. The number of amides is 3. The number of carbonyl (C=O) groups excluding carboxylic acids is 2. The highest BCUT2D eigenvalue weighted by Crippen LogP contribution is 2.25. The number of carbonyl (C=O) groups is 2. The average molecular weight is 360 g/mol. The summed E-state index contributed by atoms with van der Waals surface area (Å²) in [7, 11) is 1.58. The molecule has 1 aliphatic rings. The number of ether oxygens (including phenoxy) is 1. The van der Waals surface area contributed by atoms with E-state index < -0.39 is 6.03 Å². The van der Waals surface area contributed by atoms with Gasteiger partial charge in [-0.3, -0.25) is 4.79 Å². The lowest BCUT2D eigenvalue weighted by Crippen LogP contribution is -2.39. The van der Waals surface area contributed by atoms with E-state index in [9.17, 15) is 9.59 Å². The van der Waals surface area contributed by atoms with Crippen molar-refractivity contribution in [2.75, 3.05) is 23.9 Å². The van der Waals surface area contributed by atoms with E-state index >= 15 is 0 Å². The largest absolute Gasteiger partial charge is 0.497 e. The molecular formula is C18H18ClN3O3. The number of urea groups is 1. The van der Waals surface area contributed by atoms with Crippen molar-refractivity contribution in [3.8, 4) is 5.75 Å². The SMILES string of the molecule is COc1cccc(N2CC(NC(=O)Nc3ccccc3Cl)CC2=O)c1. The summed E-state index contributed by atoms with van der Waals surface area (Å²) in [6.07, 6.45) is 0.243. The third kappa shape index (κ3) is 4.03. The fourth-order valence-corrected chi connectivity index (χ4v) is 2.92. The fraction of sp³-hybridized carbons (Fsp3) is 0.222. The maximum Gasteiger partial charge on any atom is 0.319 e. The van der Waals surface area contributed by atoms with Gasteiger partial charge in [0.2, 0.25) is 5.91 Å². The van der Waals surface area contributed by atoms with Crippen LogP contribution in [0.4, 0.5) is 16.2 Å². The van der Waals surface area contributed by atoms with E-state index in [0.717, 1.165) is 5.69 Å². The highest BCUT2D eigenvalue weighted by molar-refractivity contribution is 6.33. The molecule has 0 saturated carbocycles. The lowest BCUT2D eigenvalue weighted by Gasteiger charge is -2.18. The zero-order valence-electron chi connectivity index (χ0n) is 13.7. The van der Waals surface area contributed by atoms with Crippen molar-refractivity contribution >= 4 is 34.9 Å². The second-order valence-corrected chi connectivity index (χ2v) is 6.09. The molecule has 0 aromatic heterocycles. The molecule has 1 unspecified atom stereocenters. The summed E-state index contributed by atoms with van der Waals surface area (Å²) >= 11 is 6.02. The molecule has 0 radical (unpaired) electrons. The number of para-hydroxylation sites is 1. The molecule has 1 atom stereocenters. The van der Waals surface area contributed by atoms with Crippen LogP contribution in [0.5, 0.6) is 5.75 Å². The van der Waals surface area contributed by atoms with Gasteiger partial charge in [-0.1, -0.05) is 29.8 Å². The van der Waals surface area contributed by atoms with Gasteiger partial charge in [0, 0.05) is 24.7 Å². The first-order valence-corrected chi connectivity index (χ1v) is 8.21. The van der Waals surface area contributed by atoms with E-state index in [1.807, 2.05) is 18.2 Å². The molecule has 2 N–H and O–H groups in total. The second kappa shape index (κ2) is 7.44. The Kier molecular flexibility index (Phi) is 5.09. The first-order valence-electron chi connectivity index (χ1n) is 7.83. The van der Waals surface area contributed by atoms with Crippen molar-refractivity contribution in [1.29, 1.82) is 0 Å². The molecular weight excluding hydrogens is 342 g/mol. The molecule has 0 spiro atoms. The lowest BCUT2D eigenvalue weighted by molar-refractivity contribution is -0.117. The molecule has 1 saturated heterocycles. The number of halogens is 1. The summed E-state index contributed by atoms with van der Waals surface area (Å²) < 4.78 is 5.19. The van der Waals surface area contributed by atoms with E-state index in [1.165, 1.54) is 0 Å². The maximum atomic E-state index is 12.3. The van der Waals surface area contributed by atoms with Gasteiger partial charge in [0.25, 0.3) is 0 Å². The third-order valence-corrected chi connectivity index (χ3v) is 4.28. The second-order valence-electron chi connectivity index (χ2n) is 5.69. The zero-order chi connectivity index (χ0) is 17.8. The van der Waals surface area contributed by atoms with Crippen LogP contribution in [0.15, 0.2) is 48.5 Å². The van der Waals surface area contributed by atoms with Crippen LogP contribution in [-0.2, 0) is 4.79 Å². The first kappa shape index (κ1) is 17.1. The molecule has 1 heterocycles. The Hall–Kier alpha value is -2.73. The highest BCUT2D eigenvalue weighted by atomic mass is 35.5. The predicted molar refractivity (Wildman–Crippen MR) is 97.4 cm³/mol. The van der Waals surface area contributed by atoms with Gasteiger partial charge >= 0.3 is 6.03 Å². The van der Waals surface area contributed by atoms with Gasteiger partial charge in [0.05, 0.1) is 23.9 Å². The molecule has 7 heteroatoms. The minimum Gasteiger partial charge on any atom is -0.497 e. The minimum absolute atomic E-state index is 0.0451. The topological polar surface area (TPSA) is 70.7 Å². The number of hydrogen-bond acceptors (Lipinski definition) is 3. The number of nitrogens with zero attached hydrogens (tertiary/aromatic N) is 1. The van der Waals surface area contributed by atoms with Crippen molar-refractivity contribution in [3.63, 3.8) is 0 Å². The van der Waals surface area contributed by atoms with Gasteiger partial charge in [-0.2, -0.15) is 0 Å². The van der Waals surface area contributed by atoms with Crippen molar-refractivity contribution in [1.82, 2.24) is 5.32 Å². The molecule has 1 fully saturated rings. The Morgan fingerprint density at radius 2 is 2.04 bits per heavy atom. The van der Waals surface area contributed by atoms with E-state index in [4.69, 9.17) is 16.3 Å². The summed E-state index contributed by atoms with van der Waals surface area (Å²) in [6, 6.07) is 13.6. The number of benzene rings is 2. The number of nitrogens with one attached hydrogen (secondary N) is 2.